The number of aromatic nitrogens is 5. The topological polar surface area (TPSA) is 118 Å². The molecule has 2 N–H and O–H groups in total. The molecular weight excluding hydrogens is 458 g/mol. The molecule has 36 heavy (non-hydrogen) atoms. The standard InChI is InChI=1S/C26H23N7O3/c1-32-21-14-18(8-10-19-12-13-27-33(19)2)9-11-22(21)36-16-20(26(32)35)28-25(34)24-29-23(30-31-24)15-17-6-4-3-5-7-17/h3-7,9,11-14,20H,15-16H2,1-2H3,(H,28,34)(H,29,30,31)/t20-/m0/s1. The van der Waals surface area contributed by atoms with E-state index in [1.807, 2.05) is 49.5 Å². The number of likely N-dealkylation sites (N-methyl/N-ethyl adjacent to an activating group) is 1. The lowest BCUT2D eigenvalue weighted by atomic mass is 10.1. The van der Waals surface area contributed by atoms with E-state index in [1.165, 1.54) is 4.90 Å². The molecular formula is C26H23N7O3. The Hall–Kier alpha value is -4.91. The number of aromatic amines is 1. The Kier molecular flexibility index (Phi) is 6.19. The van der Waals surface area contributed by atoms with Crippen LogP contribution in [0.4, 0.5) is 5.69 Å². The smallest absolute Gasteiger partial charge is 0.291 e. The van der Waals surface area contributed by atoms with Crippen molar-refractivity contribution in [1.29, 1.82) is 0 Å². The molecule has 0 unspecified atom stereocenters. The van der Waals surface area contributed by atoms with Gasteiger partial charge in [0, 0.05) is 26.1 Å². The van der Waals surface area contributed by atoms with E-state index in [9.17, 15) is 9.59 Å². The number of aryl methyl sites for hydroxylation is 1. The number of nitrogens with one attached hydrogen (secondary N) is 2. The molecule has 4 aromatic rings. The van der Waals surface area contributed by atoms with Gasteiger partial charge in [-0.1, -0.05) is 36.3 Å². The predicted octanol–water partition coefficient (Wildman–Crippen LogP) is 1.68. The van der Waals surface area contributed by atoms with E-state index in [0.29, 0.717) is 29.2 Å². The normalized spacial score (nSPS) is 14.8. The van der Waals surface area contributed by atoms with Crippen LogP contribution < -0.4 is 15.0 Å². The van der Waals surface area contributed by atoms with Crippen LogP contribution in [0.25, 0.3) is 0 Å². The minimum atomic E-state index is -0.907. The Balaban J connectivity index is 1.28. The second-order valence-electron chi connectivity index (χ2n) is 8.27. The lowest BCUT2D eigenvalue weighted by Crippen LogP contribution is -2.49. The van der Waals surface area contributed by atoms with Gasteiger partial charge in [0.15, 0.2) is 0 Å². The number of ether oxygens (including phenoxy) is 1. The van der Waals surface area contributed by atoms with Gasteiger partial charge >= 0.3 is 0 Å². The Bertz CT molecular complexity index is 1480. The first-order chi connectivity index (χ1) is 17.5. The van der Waals surface area contributed by atoms with Crippen LogP contribution in [-0.2, 0) is 18.3 Å². The van der Waals surface area contributed by atoms with Crippen molar-refractivity contribution in [3.8, 4) is 17.6 Å². The first kappa shape index (κ1) is 22.9. The number of anilines is 1. The van der Waals surface area contributed by atoms with Gasteiger partial charge in [0.2, 0.25) is 5.82 Å². The predicted molar refractivity (Wildman–Crippen MR) is 131 cm³/mol. The first-order valence-electron chi connectivity index (χ1n) is 11.3. The van der Waals surface area contributed by atoms with Crippen LogP contribution in [0, 0.1) is 11.8 Å². The summed E-state index contributed by atoms with van der Waals surface area (Å²) >= 11 is 0. The first-order valence-corrected chi connectivity index (χ1v) is 11.3. The van der Waals surface area contributed by atoms with Crippen molar-refractivity contribution in [3.63, 3.8) is 0 Å². The van der Waals surface area contributed by atoms with E-state index in [2.05, 4.69) is 37.4 Å². The molecule has 0 saturated carbocycles. The summed E-state index contributed by atoms with van der Waals surface area (Å²) in [6, 6.07) is 16.0. The highest BCUT2D eigenvalue weighted by Crippen LogP contribution is 2.31. The van der Waals surface area contributed by atoms with Gasteiger partial charge in [-0.25, -0.2) is 4.98 Å². The maximum absolute atomic E-state index is 13.2. The number of carbonyl (C=O) groups excluding carboxylic acids is 2. The summed E-state index contributed by atoms with van der Waals surface area (Å²) in [7, 11) is 3.45. The fraction of sp³-hybridized carbons (Fsp3) is 0.192. The minimum absolute atomic E-state index is 0.0246. The van der Waals surface area contributed by atoms with Gasteiger partial charge in [-0.15, -0.1) is 5.10 Å². The second-order valence-corrected chi connectivity index (χ2v) is 8.27. The number of hydrogen-bond acceptors (Lipinski definition) is 6. The molecule has 10 heteroatoms. The van der Waals surface area contributed by atoms with Gasteiger partial charge in [0.25, 0.3) is 11.8 Å². The van der Waals surface area contributed by atoms with Crippen LogP contribution in [0.1, 0.15) is 33.3 Å². The fourth-order valence-corrected chi connectivity index (χ4v) is 3.80. The van der Waals surface area contributed by atoms with E-state index in [-0.39, 0.29) is 18.3 Å². The van der Waals surface area contributed by atoms with E-state index >= 15 is 0 Å². The van der Waals surface area contributed by atoms with Gasteiger partial charge in [-0.05, 0) is 35.7 Å². The molecule has 2 aromatic heterocycles. The number of rotatable bonds is 4. The highest BCUT2D eigenvalue weighted by Gasteiger charge is 2.31. The molecule has 3 heterocycles. The number of nitrogens with zero attached hydrogens (tertiary/aromatic N) is 5. The number of amides is 2. The molecule has 0 bridgehead atoms. The SMILES string of the molecule is CN1C(=O)[C@@H](NC(=O)c2n[nH]c(Cc3ccccc3)n2)COc2ccc(C#Cc3ccnn3C)cc21. The summed E-state index contributed by atoms with van der Waals surface area (Å²) in [5, 5.41) is 13.6. The number of hydrogen-bond donors (Lipinski definition) is 2. The molecule has 1 aliphatic rings. The minimum Gasteiger partial charge on any atom is -0.489 e. The molecule has 10 nitrogen and oxygen atoms in total. The molecule has 0 saturated heterocycles. The quantitative estimate of drug-likeness (QED) is 0.428. The fourth-order valence-electron chi connectivity index (χ4n) is 3.80. The monoisotopic (exact) mass is 481 g/mol. The van der Waals surface area contributed by atoms with Crippen molar-refractivity contribution in [2.45, 2.75) is 12.5 Å². The summed E-state index contributed by atoms with van der Waals surface area (Å²) in [6.07, 6.45) is 2.19. The highest BCUT2D eigenvalue weighted by molar-refractivity contribution is 6.02. The second kappa shape index (κ2) is 9.76. The third-order valence-electron chi connectivity index (χ3n) is 5.76. The van der Waals surface area contributed by atoms with Crippen molar-refractivity contribution in [1.82, 2.24) is 30.3 Å². The largest absolute Gasteiger partial charge is 0.489 e. The van der Waals surface area contributed by atoms with Crippen LogP contribution in [0.2, 0.25) is 0 Å². The van der Waals surface area contributed by atoms with Crippen molar-refractivity contribution in [2.75, 3.05) is 18.6 Å². The van der Waals surface area contributed by atoms with Crippen LogP contribution in [0.5, 0.6) is 5.75 Å². The molecule has 1 aliphatic heterocycles. The van der Waals surface area contributed by atoms with Crippen LogP contribution in [0.15, 0.2) is 60.8 Å². The maximum atomic E-state index is 13.2. The average molecular weight is 482 g/mol. The van der Waals surface area contributed by atoms with E-state index < -0.39 is 11.9 Å². The third-order valence-corrected chi connectivity index (χ3v) is 5.76. The van der Waals surface area contributed by atoms with Crippen molar-refractivity contribution >= 4 is 17.5 Å². The average Bonchev–Trinajstić information content (AvgIpc) is 3.51. The van der Waals surface area contributed by atoms with Crippen molar-refractivity contribution in [3.05, 3.63) is 89.3 Å². The molecule has 0 spiro atoms. The lowest BCUT2D eigenvalue weighted by Gasteiger charge is -2.20. The number of benzene rings is 2. The summed E-state index contributed by atoms with van der Waals surface area (Å²) < 4.78 is 7.54. The molecule has 180 valence electrons. The zero-order valence-corrected chi connectivity index (χ0v) is 19.7. The summed E-state index contributed by atoms with van der Waals surface area (Å²) in [6.45, 7) is -0.0246. The van der Waals surface area contributed by atoms with E-state index in [4.69, 9.17) is 4.74 Å². The lowest BCUT2D eigenvalue weighted by molar-refractivity contribution is -0.120. The zero-order chi connectivity index (χ0) is 25.1. The van der Waals surface area contributed by atoms with Crippen LogP contribution >= 0.6 is 0 Å². The maximum Gasteiger partial charge on any atom is 0.291 e. The van der Waals surface area contributed by atoms with Gasteiger partial charge in [-0.3, -0.25) is 19.4 Å². The van der Waals surface area contributed by atoms with Crippen LogP contribution in [0.3, 0.4) is 0 Å². The molecule has 5 rings (SSSR count). The van der Waals surface area contributed by atoms with Crippen molar-refractivity contribution < 1.29 is 14.3 Å². The van der Waals surface area contributed by atoms with E-state index in [0.717, 1.165) is 11.3 Å². The van der Waals surface area contributed by atoms with E-state index in [1.54, 1.807) is 30.1 Å². The van der Waals surface area contributed by atoms with Gasteiger partial charge in [-0.2, -0.15) is 5.10 Å². The summed E-state index contributed by atoms with van der Waals surface area (Å²) in [4.78, 5) is 31.7. The number of fused-ring (bicyclic) bond motifs is 1. The molecule has 2 amide bonds. The number of H-pyrrole nitrogens is 1. The van der Waals surface area contributed by atoms with Crippen LogP contribution in [-0.4, -0.2) is 56.5 Å². The van der Waals surface area contributed by atoms with Crippen molar-refractivity contribution in [2.24, 2.45) is 7.05 Å². The molecule has 2 aromatic carbocycles. The third kappa shape index (κ3) is 4.81. The Labute approximate surface area is 207 Å². The Morgan fingerprint density at radius 3 is 2.78 bits per heavy atom. The molecule has 0 aliphatic carbocycles. The molecule has 0 radical (unpaired) electrons. The summed E-state index contributed by atoms with van der Waals surface area (Å²) in [5.41, 5.74) is 3.09. The van der Waals surface area contributed by atoms with Gasteiger partial charge in [0.1, 0.15) is 29.9 Å². The number of carbonyl (C=O) groups is 2. The molecule has 0 fully saturated rings. The summed E-state index contributed by atoms with van der Waals surface area (Å²) in [5.74, 6) is 6.31. The van der Waals surface area contributed by atoms with Gasteiger partial charge < -0.3 is 15.0 Å². The Morgan fingerprint density at radius 1 is 1.17 bits per heavy atom. The Morgan fingerprint density at radius 2 is 2.00 bits per heavy atom. The molecule has 1 atom stereocenters. The highest BCUT2D eigenvalue weighted by atomic mass is 16.5. The zero-order valence-electron chi connectivity index (χ0n) is 19.7. The van der Waals surface area contributed by atoms with Gasteiger partial charge in [0.05, 0.1) is 11.9 Å².